The number of fused-ring (bicyclic) bond motifs is 1. The number of hydrogen-bond acceptors (Lipinski definition) is 2. The molecule has 2 aliphatic carbocycles. The maximum absolute atomic E-state index is 11.0. The Morgan fingerprint density at radius 3 is 2.92 bits per heavy atom. The topological polar surface area (TPSA) is 26.3 Å². The lowest BCUT2D eigenvalue weighted by Crippen LogP contribution is -2.02. The molecule has 0 heterocycles. The maximum atomic E-state index is 11.0. The number of hydrogen-bond donors (Lipinski definition) is 0. The Hall–Kier alpha value is -1.05. The molecule has 2 rings (SSSR count). The van der Waals surface area contributed by atoms with Crippen molar-refractivity contribution in [2.75, 3.05) is 7.11 Å². The van der Waals surface area contributed by atoms with Gasteiger partial charge < -0.3 is 4.74 Å². The second-order valence-corrected chi connectivity index (χ2v) is 3.87. The van der Waals surface area contributed by atoms with Crippen molar-refractivity contribution in [1.82, 2.24) is 0 Å². The van der Waals surface area contributed by atoms with Gasteiger partial charge in [0.2, 0.25) is 0 Å². The van der Waals surface area contributed by atoms with E-state index in [4.69, 9.17) is 0 Å². The SMILES string of the molecule is COC(=O)CC1=CC2C(C)C2C=C1. The van der Waals surface area contributed by atoms with Crippen LogP contribution in [0.15, 0.2) is 23.8 Å². The Labute approximate surface area is 78.3 Å². The summed E-state index contributed by atoms with van der Waals surface area (Å²) in [5.74, 6) is 2.04. The molecule has 0 saturated heterocycles. The number of ether oxygens (including phenoxy) is 1. The lowest BCUT2D eigenvalue weighted by molar-refractivity contribution is -0.139. The standard InChI is InChI=1S/C11H14O2/c1-7-9-4-3-8(5-10(7)9)6-11(12)13-2/h3-5,7,9-10H,6H2,1-2H3. The van der Waals surface area contributed by atoms with Gasteiger partial charge in [-0.15, -0.1) is 0 Å². The fraction of sp³-hybridized carbons (Fsp3) is 0.545. The van der Waals surface area contributed by atoms with Crippen molar-refractivity contribution in [3.63, 3.8) is 0 Å². The predicted molar refractivity (Wildman–Crippen MR) is 50.0 cm³/mol. The van der Waals surface area contributed by atoms with Gasteiger partial charge in [-0.25, -0.2) is 0 Å². The Morgan fingerprint density at radius 2 is 2.31 bits per heavy atom. The van der Waals surface area contributed by atoms with E-state index >= 15 is 0 Å². The molecule has 3 atom stereocenters. The van der Waals surface area contributed by atoms with Crippen molar-refractivity contribution in [2.45, 2.75) is 13.3 Å². The average Bonchev–Trinajstić information content (AvgIpc) is 2.77. The summed E-state index contributed by atoms with van der Waals surface area (Å²) in [6, 6.07) is 0. The third kappa shape index (κ3) is 1.53. The summed E-state index contributed by atoms with van der Waals surface area (Å²) < 4.78 is 4.61. The second kappa shape index (κ2) is 3.02. The van der Waals surface area contributed by atoms with Gasteiger partial charge in [-0.3, -0.25) is 4.79 Å². The number of rotatable bonds is 2. The first-order valence-electron chi connectivity index (χ1n) is 4.68. The van der Waals surface area contributed by atoms with Crippen LogP contribution in [0, 0.1) is 17.8 Å². The van der Waals surface area contributed by atoms with Crippen LogP contribution in [0.1, 0.15) is 13.3 Å². The Bertz CT molecular complexity index is 288. The van der Waals surface area contributed by atoms with Gasteiger partial charge in [-0.05, 0) is 23.3 Å². The average molecular weight is 178 g/mol. The molecule has 13 heavy (non-hydrogen) atoms. The van der Waals surface area contributed by atoms with Crippen molar-refractivity contribution >= 4 is 5.97 Å². The first-order chi connectivity index (χ1) is 6.22. The molecule has 0 amide bonds. The summed E-state index contributed by atoms with van der Waals surface area (Å²) in [6.07, 6.45) is 6.91. The number of allylic oxidation sites excluding steroid dienone is 3. The van der Waals surface area contributed by atoms with Crippen LogP contribution in [-0.2, 0) is 9.53 Å². The molecule has 0 aromatic rings. The van der Waals surface area contributed by atoms with Crippen molar-refractivity contribution in [3.05, 3.63) is 23.8 Å². The van der Waals surface area contributed by atoms with Gasteiger partial charge in [0.05, 0.1) is 13.5 Å². The van der Waals surface area contributed by atoms with Crippen LogP contribution in [0.5, 0.6) is 0 Å². The molecule has 2 heteroatoms. The highest BCUT2D eigenvalue weighted by atomic mass is 16.5. The van der Waals surface area contributed by atoms with Crippen LogP contribution >= 0.6 is 0 Å². The van der Waals surface area contributed by atoms with Crippen molar-refractivity contribution in [2.24, 2.45) is 17.8 Å². The molecule has 0 aromatic carbocycles. The third-order valence-corrected chi connectivity index (χ3v) is 3.03. The van der Waals surface area contributed by atoms with E-state index in [9.17, 15) is 4.79 Å². The molecule has 0 radical (unpaired) electrons. The molecule has 70 valence electrons. The van der Waals surface area contributed by atoms with Crippen molar-refractivity contribution in [3.8, 4) is 0 Å². The minimum Gasteiger partial charge on any atom is -0.469 e. The normalized spacial score (nSPS) is 34.9. The summed E-state index contributed by atoms with van der Waals surface area (Å²) in [6.45, 7) is 2.25. The minimum atomic E-state index is -0.150. The molecule has 1 saturated carbocycles. The van der Waals surface area contributed by atoms with Crippen LogP contribution < -0.4 is 0 Å². The van der Waals surface area contributed by atoms with Gasteiger partial charge in [-0.2, -0.15) is 0 Å². The summed E-state index contributed by atoms with van der Waals surface area (Å²) in [4.78, 5) is 11.0. The first kappa shape index (κ1) is 8.54. The van der Waals surface area contributed by atoms with Crippen molar-refractivity contribution in [1.29, 1.82) is 0 Å². The molecule has 3 unspecified atom stereocenters. The van der Waals surface area contributed by atoms with E-state index in [0.717, 1.165) is 17.4 Å². The molecule has 0 N–H and O–H groups in total. The molecule has 0 aliphatic heterocycles. The smallest absolute Gasteiger partial charge is 0.309 e. The van der Waals surface area contributed by atoms with Gasteiger partial charge in [0.1, 0.15) is 0 Å². The molecular formula is C11H14O2. The molecule has 1 fully saturated rings. The van der Waals surface area contributed by atoms with Crippen LogP contribution in [-0.4, -0.2) is 13.1 Å². The van der Waals surface area contributed by atoms with Gasteiger partial charge in [0.25, 0.3) is 0 Å². The summed E-state index contributed by atoms with van der Waals surface area (Å²) in [5.41, 5.74) is 1.11. The zero-order valence-corrected chi connectivity index (χ0v) is 7.99. The molecular weight excluding hydrogens is 164 g/mol. The molecule has 0 aromatic heterocycles. The predicted octanol–water partition coefficient (Wildman–Crippen LogP) is 1.93. The summed E-state index contributed by atoms with van der Waals surface area (Å²) in [5, 5.41) is 0. The molecule has 0 bridgehead atoms. The summed E-state index contributed by atoms with van der Waals surface area (Å²) in [7, 11) is 1.43. The van der Waals surface area contributed by atoms with E-state index in [1.165, 1.54) is 7.11 Å². The van der Waals surface area contributed by atoms with Crippen LogP contribution in [0.2, 0.25) is 0 Å². The van der Waals surface area contributed by atoms with E-state index in [1.54, 1.807) is 0 Å². The first-order valence-corrected chi connectivity index (χ1v) is 4.68. The Kier molecular flexibility index (Phi) is 1.98. The largest absolute Gasteiger partial charge is 0.469 e. The summed E-state index contributed by atoms with van der Waals surface area (Å²) >= 11 is 0. The lowest BCUT2D eigenvalue weighted by atomic mass is 10.0. The monoisotopic (exact) mass is 178 g/mol. The molecule has 2 nitrogen and oxygen atoms in total. The van der Waals surface area contributed by atoms with Crippen LogP contribution in [0.3, 0.4) is 0 Å². The zero-order chi connectivity index (χ0) is 9.42. The Morgan fingerprint density at radius 1 is 1.54 bits per heavy atom. The molecule has 2 aliphatic rings. The molecule has 0 spiro atoms. The number of esters is 1. The quantitative estimate of drug-likeness (QED) is 0.604. The fourth-order valence-electron chi connectivity index (χ4n) is 1.99. The van der Waals surface area contributed by atoms with E-state index < -0.39 is 0 Å². The Balaban J connectivity index is 1.98. The van der Waals surface area contributed by atoms with Crippen LogP contribution in [0.25, 0.3) is 0 Å². The van der Waals surface area contributed by atoms with Gasteiger partial charge in [0, 0.05) is 0 Å². The highest BCUT2D eigenvalue weighted by Crippen LogP contribution is 2.50. The zero-order valence-electron chi connectivity index (χ0n) is 7.99. The lowest BCUT2D eigenvalue weighted by Gasteiger charge is -2.03. The van der Waals surface area contributed by atoms with E-state index in [-0.39, 0.29) is 5.97 Å². The van der Waals surface area contributed by atoms with E-state index in [0.29, 0.717) is 12.3 Å². The maximum Gasteiger partial charge on any atom is 0.309 e. The van der Waals surface area contributed by atoms with Crippen molar-refractivity contribution < 1.29 is 9.53 Å². The van der Waals surface area contributed by atoms with Crippen LogP contribution in [0.4, 0.5) is 0 Å². The highest BCUT2D eigenvalue weighted by Gasteiger charge is 2.44. The fourth-order valence-corrected chi connectivity index (χ4v) is 1.99. The van der Waals surface area contributed by atoms with Gasteiger partial charge in [-0.1, -0.05) is 25.2 Å². The minimum absolute atomic E-state index is 0.150. The third-order valence-electron chi connectivity index (χ3n) is 3.03. The van der Waals surface area contributed by atoms with E-state index in [1.807, 2.05) is 0 Å². The number of methoxy groups -OCH3 is 1. The second-order valence-electron chi connectivity index (χ2n) is 3.87. The van der Waals surface area contributed by atoms with Gasteiger partial charge in [0.15, 0.2) is 0 Å². The highest BCUT2D eigenvalue weighted by molar-refractivity contribution is 5.73. The van der Waals surface area contributed by atoms with E-state index in [2.05, 4.69) is 29.9 Å². The van der Waals surface area contributed by atoms with Gasteiger partial charge >= 0.3 is 5.97 Å². The number of carbonyl (C=O) groups is 1. The number of carbonyl (C=O) groups excluding carboxylic acids is 1.